The number of nitrogens with zero attached hydrogens (tertiary/aromatic N) is 3. The Bertz CT molecular complexity index is 2170. The largest absolute Gasteiger partial charge is 0.381 e. The molecule has 0 bridgehead atoms. The van der Waals surface area contributed by atoms with Gasteiger partial charge in [0, 0.05) is 67.0 Å². The van der Waals surface area contributed by atoms with Crippen molar-refractivity contribution in [2.24, 2.45) is 5.41 Å². The van der Waals surface area contributed by atoms with Gasteiger partial charge < -0.3 is 19.9 Å². The summed E-state index contributed by atoms with van der Waals surface area (Å²) in [6, 6.07) is 22.9. The van der Waals surface area contributed by atoms with Crippen LogP contribution in [0.15, 0.2) is 91.1 Å². The van der Waals surface area contributed by atoms with Crippen molar-refractivity contribution >= 4 is 46.1 Å². The van der Waals surface area contributed by atoms with E-state index in [9.17, 15) is 18.8 Å². The number of ketones is 1. The smallest absolute Gasteiger partial charge is 0.261 e. The van der Waals surface area contributed by atoms with Gasteiger partial charge >= 0.3 is 0 Å². The van der Waals surface area contributed by atoms with Crippen LogP contribution in [0.5, 0.6) is 0 Å². The van der Waals surface area contributed by atoms with Gasteiger partial charge in [-0.2, -0.15) is 0 Å². The van der Waals surface area contributed by atoms with Gasteiger partial charge in [-0.3, -0.25) is 14.4 Å². The normalized spacial score (nSPS) is 16.1. The van der Waals surface area contributed by atoms with Gasteiger partial charge in [0.15, 0.2) is 5.78 Å². The van der Waals surface area contributed by atoms with E-state index in [1.54, 1.807) is 41.4 Å². The molecule has 51 heavy (non-hydrogen) atoms. The van der Waals surface area contributed by atoms with Crippen LogP contribution in [0.3, 0.4) is 0 Å². The molecule has 11 heteroatoms. The first-order chi connectivity index (χ1) is 24.8. The number of Topliss-reactive ketones (excluding diaryl/α,β-unsaturated/α-hetero) is 1. The van der Waals surface area contributed by atoms with E-state index in [0.717, 1.165) is 61.2 Å². The fraction of sp³-hybridized carbons (Fsp3) is 0.250. The summed E-state index contributed by atoms with van der Waals surface area (Å²) in [4.78, 5) is 50.1. The van der Waals surface area contributed by atoms with Crippen LogP contribution in [0.25, 0.3) is 10.4 Å². The summed E-state index contributed by atoms with van der Waals surface area (Å²) >= 11 is 1.32. The van der Waals surface area contributed by atoms with Gasteiger partial charge in [0.05, 0.1) is 21.7 Å². The lowest BCUT2D eigenvalue weighted by Crippen LogP contribution is -2.59. The van der Waals surface area contributed by atoms with Crippen LogP contribution in [0.2, 0.25) is 0 Å². The first-order valence-corrected chi connectivity index (χ1v) is 17.8. The molecule has 8 rings (SSSR count). The molecule has 3 aliphatic heterocycles. The van der Waals surface area contributed by atoms with E-state index >= 15 is 4.39 Å². The molecule has 1 N–H and O–H groups in total. The summed E-state index contributed by atoms with van der Waals surface area (Å²) in [5.74, 6) is -1.69. The van der Waals surface area contributed by atoms with Crippen LogP contribution < -0.4 is 15.1 Å². The average Bonchev–Trinajstić information content (AvgIpc) is 3.50. The lowest BCUT2D eigenvalue weighted by Gasteiger charge is -2.53. The highest BCUT2D eigenvalue weighted by molar-refractivity contribution is 7.17. The number of carbonyl (C=O) groups excluding carboxylic acids is 3. The Morgan fingerprint density at radius 3 is 2.47 bits per heavy atom. The maximum Gasteiger partial charge on any atom is 0.261 e. The molecule has 258 valence electrons. The molecular formula is C40H34F2N4O4S. The quantitative estimate of drug-likeness (QED) is 0.176. The van der Waals surface area contributed by atoms with Crippen molar-refractivity contribution in [2.75, 3.05) is 48.0 Å². The first-order valence-electron chi connectivity index (χ1n) is 17.0. The minimum Gasteiger partial charge on any atom is -0.381 e. The third kappa shape index (κ3) is 6.32. The van der Waals surface area contributed by atoms with Gasteiger partial charge in [0.2, 0.25) is 0 Å². The van der Waals surface area contributed by atoms with Gasteiger partial charge in [-0.05, 0) is 78.9 Å². The number of aromatic nitrogens is 1. The fourth-order valence-corrected chi connectivity index (χ4v) is 8.50. The van der Waals surface area contributed by atoms with E-state index in [0.29, 0.717) is 33.9 Å². The summed E-state index contributed by atoms with van der Waals surface area (Å²) in [5.41, 5.74) is 3.28. The number of anilines is 3. The molecule has 0 aliphatic carbocycles. The predicted octanol–water partition coefficient (Wildman–Crippen LogP) is 7.59. The topological polar surface area (TPSA) is 91.8 Å². The number of halogens is 2. The van der Waals surface area contributed by atoms with Crippen molar-refractivity contribution in [3.8, 4) is 10.4 Å². The van der Waals surface area contributed by atoms with E-state index in [-0.39, 0.29) is 35.4 Å². The number of pyridine rings is 1. The number of ether oxygens (including phenoxy) is 1. The molecule has 0 unspecified atom stereocenters. The van der Waals surface area contributed by atoms with Gasteiger partial charge in [0.25, 0.3) is 11.8 Å². The van der Waals surface area contributed by atoms with Crippen molar-refractivity contribution in [1.82, 2.24) is 4.98 Å². The Hall–Kier alpha value is -5.26. The van der Waals surface area contributed by atoms with Crippen molar-refractivity contribution in [1.29, 1.82) is 0 Å². The lowest BCUT2D eigenvalue weighted by molar-refractivity contribution is -0.000510. The van der Waals surface area contributed by atoms with Gasteiger partial charge in [-0.1, -0.05) is 36.4 Å². The molecular weight excluding hydrogens is 671 g/mol. The summed E-state index contributed by atoms with van der Waals surface area (Å²) < 4.78 is 35.5. The highest BCUT2D eigenvalue weighted by Crippen LogP contribution is 2.43. The van der Waals surface area contributed by atoms with Gasteiger partial charge in [0.1, 0.15) is 17.5 Å². The zero-order valence-corrected chi connectivity index (χ0v) is 28.5. The highest BCUT2D eigenvalue weighted by Gasteiger charge is 2.45. The molecule has 2 aromatic heterocycles. The third-order valence-corrected chi connectivity index (χ3v) is 11.3. The molecule has 8 nitrogen and oxygen atoms in total. The van der Waals surface area contributed by atoms with Gasteiger partial charge in [-0.25, -0.2) is 13.8 Å². The average molecular weight is 705 g/mol. The summed E-state index contributed by atoms with van der Waals surface area (Å²) in [5, 5.41) is 2.79. The van der Waals surface area contributed by atoms with Crippen molar-refractivity contribution in [3.63, 3.8) is 0 Å². The van der Waals surface area contributed by atoms with E-state index < -0.39 is 23.4 Å². The highest BCUT2D eigenvalue weighted by atomic mass is 32.1. The van der Waals surface area contributed by atoms with Crippen LogP contribution in [0.1, 0.15) is 54.4 Å². The lowest BCUT2D eigenvalue weighted by atomic mass is 9.73. The zero-order chi connectivity index (χ0) is 35.1. The minimum absolute atomic E-state index is 0.0489. The Balaban J connectivity index is 0.987. The molecule has 1 spiro atoms. The monoisotopic (exact) mass is 704 g/mol. The maximum atomic E-state index is 15.7. The summed E-state index contributed by atoms with van der Waals surface area (Å²) in [7, 11) is 0. The standard InChI is InChI=1S/C40H34F2N4O4S/c41-31-9-3-1-6-25(31)20-34(47)35-21-26-13-17-46(33-10-4-2-7-29(33)36(26)51-35)39(49)28-12-11-27(22-32(28)42)44-38(48)30-8-5-16-43-37(30)45-23-40(24-45)14-18-50-19-15-40/h1-12,16,21-22H,13-15,17-20,23-24H2,(H,44,48). The number of para-hydroxylation sites is 1. The Labute approximate surface area is 297 Å². The summed E-state index contributed by atoms with van der Waals surface area (Å²) in [6.07, 6.45) is 4.02. The van der Waals surface area contributed by atoms with Crippen LogP contribution in [0.4, 0.5) is 26.0 Å². The second-order valence-electron chi connectivity index (χ2n) is 13.4. The summed E-state index contributed by atoms with van der Waals surface area (Å²) in [6.45, 7) is 3.36. The number of fused-ring (bicyclic) bond motifs is 3. The molecule has 5 aromatic rings. The number of hydrogen-bond acceptors (Lipinski definition) is 7. The van der Waals surface area contributed by atoms with Crippen LogP contribution in [0, 0.1) is 17.0 Å². The number of amides is 2. The van der Waals surface area contributed by atoms with Crippen LogP contribution in [-0.4, -0.2) is 55.4 Å². The van der Waals surface area contributed by atoms with Crippen molar-refractivity contribution in [3.05, 3.63) is 130 Å². The number of hydrogen-bond donors (Lipinski definition) is 1. The first kappa shape index (κ1) is 32.9. The molecule has 5 heterocycles. The number of carbonyl (C=O) groups is 3. The molecule has 2 amide bonds. The van der Waals surface area contributed by atoms with Crippen molar-refractivity contribution < 1.29 is 27.9 Å². The number of nitrogens with one attached hydrogen (secondary N) is 1. The molecule has 3 aromatic carbocycles. The number of thiophene rings is 1. The maximum absolute atomic E-state index is 15.7. The second kappa shape index (κ2) is 13.5. The molecule has 2 saturated heterocycles. The van der Waals surface area contributed by atoms with E-state index in [1.165, 1.54) is 29.5 Å². The van der Waals surface area contributed by atoms with Crippen molar-refractivity contribution in [2.45, 2.75) is 25.7 Å². The van der Waals surface area contributed by atoms with Crippen LogP contribution >= 0.6 is 11.3 Å². The Morgan fingerprint density at radius 1 is 0.882 bits per heavy atom. The Kier molecular flexibility index (Phi) is 8.69. The minimum atomic E-state index is -0.758. The molecule has 0 radical (unpaired) electrons. The molecule has 2 fully saturated rings. The van der Waals surface area contributed by atoms with E-state index in [2.05, 4.69) is 15.2 Å². The fourth-order valence-electron chi connectivity index (χ4n) is 7.32. The predicted molar refractivity (Wildman–Crippen MR) is 193 cm³/mol. The van der Waals surface area contributed by atoms with Crippen LogP contribution in [-0.2, 0) is 17.6 Å². The second-order valence-corrected chi connectivity index (χ2v) is 14.4. The van der Waals surface area contributed by atoms with E-state index in [1.807, 2.05) is 30.3 Å². The zero-order valence-electron chi connectivity index (χ0n) is 27.7. The molecule has 0 saturated carbocycles. The van der Waals surface area contributed by atoms with Gasteiger partial charge in [-0.15, -0.1) is 11.3 Å². The molecule has 0 atom stereocenters. The number of benzene rings is 3. The third-order valence-electron chi connectivity index (χ3n) is 10.1. The molecule has 3 aliphatic rings. The Morgan fingerprint density at radius 2 is 1.67 bits per heavy atom. The SMILES string of the molecule is O=C(Cc1ccccc1F)c1cc2c(s1)-c1ccccc1N(C(=O)c1ccc(NC(=O)c3cccnc3N3CC4(CCOCC4)C3)cc1F)CC2. The number of rotatable bonds is 7. The van der Waals surface area contributed by atoms with E-state index in [4.69, 9.17) is 4.74 Å².